The van der Waals surface area contributed by atoms with E-state index in [1.165, 1.54) is 12.8 Å². The van der Waals surface area contributed by atoms with E-state index in [4.69, 9.17) is 4.74 Å². The molecule has 0 fully saturated rings. The Morgan fingerprint density at radius 1 is 1.07 bits per heavy atom. The van der Waals surface area contributed by atoms with E-state index in [-0.39, 0.29) is 0 Å². The van der Waals surface area contributed by atoms with E-state index in [1.54, 1.807) is 7.11 Å². The van der Waals surface area contributed by atoms with E-state index in [2.05, 4.69) is 33.0 Å². The van der Waals surface area contributed by atoms with Crippen LogP contribution in [0.2, 0.25) is 0 Å². The number of hydrogen-bond acceptors (Lipinski definition) is 2. The normalized spacial score (nSPS) is 13.8. The molecule has 15 heavy (non-hydrogen) atoms. The van der Waals surface area contributed by atoms with Crippen molar-refractivity contribution in [3.8, 4) is 0 Å². The zero-order chi connectivity index (χ0) is 11.7. The predicted octanol–water partition coefficient (Wildman–Crippen LogP) is 2.93. The molecule has 0 aromatic rings. The van der Waals surface area contributed by atoms with Crippen LogP contribution in [0.3, 0.4) is 0 Å². The fourth-order valence-electron chi connectivity index (χ4n) is 1.68. The molecule has 2 nitrogen and oxygen atoms in total. The average Bonchev–Trinajstić information content (AvgIpc) is 2.15. The van der Waals surface area contributed by atoms with E-state index in [0.29, 0.717) is 0 Å². The molecule has 1 N–H and O–H groups in total. The van der Waals surface area contributed by atoms with Crippen molar-refractivity contribution in [3.05, 3.63) is 0 Å². The minimum absolute atomic E-state index is 0.777. The first-order chi connectivity index (χ1) is 7.07. The molecule has 0 saturated heterocycles. The van der Waals surface area contributed by atoms with Crippen molar-refractivity contribution in [1.29, 1.82) is 0 Å². The Morgan fingerprint density at radius 2 is 1.73 bits per heavy atom. The van der Waals surface area contributed by atoms with Crippen LogP contribution in [0.15, 0.2) is 0 Å². The molecule has 0 rings (SSSR count). The van der Waals surface area contributed by atoms with Crippen LogP contribution in [0.1, 0.15) is 40.5 Å². The van der Waals surface area contributed by atoms with Gasteiger partial charge < -0.3 is 10.1 Å². The summed E-state index contributed by atoms with van der Waals surface area (Å²) in [6.07, 6.45) is 2.68. The minimum atomic E-state index is 0.777. The Morgan fingerprint density at radius 3 is 2.20 bits per heavy atom. The lowest BCUT2D eigenvalue weighted by Gasteiger charge is -2.22. The average molecular weight is 215 g/mol. The lowest BCUT2D eigenvalue weighted by atomic mass is 9.89. The second kappa shape index (κ2) is 9.17. The van der Waals surface area contributed by atoms with Gasteiger partial charge in [0.2, 0.25) is 0 Å². The fraction of sp³-hybridized carbons (Fsp3) is 1.00. The fourth-order valence-corrected chi connectivity index (χ4v) is 1.68. The van der Waals surface area contributed by atoms with Crippen LogP contribution >= 0.6 is 0 Å². The highest BCUT2D eigenvalue weighted by Crippen LogP contribution is 2.19. The van der Waals surface area contributed by atoms with Gasteiger partial charge in [0.25, 0.3) is 0 Å². The SMILES string of the molecule is COCCNCC(CCC(C)C)C(C)C. The molecule has 0 bridgehead atoms. The monoisotopic (exact) mass is 215 g/mol. The zero-order valence-electron chi connectivity index (χ0n) is 11.2. The third kappa shape index (κ3) is 8.88. The van der Waals surface area contributed by atoms with Crippen molar-refractivity contribution in [1.82, 2.24) is 5.32 Å². The van der Waals surface area contributed by atoms with Crippen LogP contribution in [0.25, 0.3) is 0 Å². The number of nitrogens with one attached hydrogen (secondary N) is 1. The highest BCUT2D eigenvalue weighted by atomic mass is 16.5. The largest absolute Gasteiger partial charge is 0.383 e. The van der Waals surface area contributed by atoms with Gasteiger partial charge in [0.15, 0.2) is 0 Å². The van der Waals surface area contributed by atoms with Gasteiger partial charge in [-0.05, 0) is 30.7 Å². The first-order valence-electron chi connectivity index (χ1n) is 6.27. The molecular formula is C13H29NO. The highest BCUT2D eigenvalue weighted by Gasteiger charge is 2.13. The van der Waals surface area contributed by atoms with Gasteiger partial charge in [0.1, 0.15) is 0 Å². The van der Waals surface area contributed by atoms with Gasteiger partial charge in [0, 0.05) is 13.7 Å². The quantitative estimate of drug-likeness (QED) is 0.597. The predicted molar refractivity (Wildman–Crippen MR) is 67.1 cm³/mol. The standard InChI is InChI=1S/C13H29NO/c1-11(2)6-7-13(12(3)4)10-14-8-9-15-5/h11-14H,6-10H2,1-5H3. The molecular weight excluding hydrogens is 186 g/mol. The molecule has 1 atom stereocenters. The topological polar surface area (TPSA) is 21.3 Å². The zero-order valence-corrected chi connectivity index (χ0v) is 11.2. The van der Waals surface area contributed by atoms with Crippen LogP contribution in [0.5, 0.6) is 0 Å². The van der Waals surface area contributed by atoms with Gasteiger partial charge in [0.05, 0.1) is 6.61 Å². The first kappa shape index (κ1) is 14.9. The number of hydrogen-bond donors (Lipinski definition) is 1. The van der Waals surface area contributed by atoms with Crippen LogP contribution in [0, 0.1) is 17.8 Å². The Labute approximate surface area is 95.8 Å². The number of methoxy groups -OCH3 is 1. The van der Waals surface area contributed by atoms with Gasteiger partial charge in [-0.1, -0.05) is 34.1 Å². The Bertz CT molecular complexity index is 134. The summed E-state index contributed by atoms with van der Waals surface area (Å²) < 4.78 is 5.02. The van der Waals surface area contributed by atoms with Gasteiger partial charge in [-0.2, -0.15) is 0 Å². The summed E-state index contributed by atoms with van der Waals surface area (Å²) in [6, 6.07) is 0. The van der Waals surface area contributed by atoms with Crippen molar-refractivity contribution in [2.75, 3.05) is 26.8 Å². The summed E-state index contributed by atoms with van der Waals surface area (Å²) in [5.74, 6) is 2.41. The molecule has 92 valence electrons. The Balaban J connectivity index is 3.64. The van der Waals surface area contributed by atoms with E-state index in [0.717, 1.165) is 37.5 Å². The Kier molecular flexibility index (Phi) is 9.12. The lowest BCUT2D eigenvalue weighted by Crippen LogP contribution is -2.29. The maximum Gasteiger partial charge on any atom is 0.0587 e. The van der Waals surface area contributed by atoms with Crippen molar-refractivity contribution in [3.63, 3.8) is 0 Å². The molecule has 0 aromatic carbocycles. The molecule has 0 radical (unpaired) electrons. The first-order valence-corrected chi connectivity index (χ1v) is 6.27. The Hall–Kier alpha value is -0.0800. The van der Waals surface area contributed by atoms with Gasteiger partial charge in [-0.15, -0.1) is 0 Å². The summed E-state index contributed by atoms with van der Waals surface area (Å²) in [7, 11) is 1.75. The lowest BCUT2D eigenvalue weighted by molar-refractivity contribution is 0.195. The summed E-state index contributed by atoms with van der Waals surface area (Å²) in [6.45, 7) is 12.2. The van der Waals surface area contributed by atoms with E-state index in [9.17, 15) is 0 Å². The molecule has 0 heterocycles. The maximum absolute atomic E-state index is 5.02. The van der Waals surface area contributed by atoms with Crippen LogP contribution < -0.4 is 5.32 Å². The van der Waals surface area contributed by atoms with Gasteiger partial charge >= 0.3 is 0 Å². The summed E-state index contributed by atoms with van der Waals surface area (Å²) in [5.41, 5.74) is 0. The van der Waals surface area contributed by atoms with E-state index in [1.807, 2.05) is 0 Å². The van der Waals surface area contributed by atoms with Gasteiger partial charge in [-0.25, -0.2) is 0 Å². The van der Waals surface area contributed by atoms with Crippen molar-refractivity contribution < 1.29 is 4.74 Å². The van der Waals surface area contributed by atoms with Crippen molar-refractivity contribution >= 4 is 0 Å². The molecule has 0 amide bonds. The summed E-state index contributed by atoms with van der Waals surface area (Å²) in [4.78, 5) is 0. The molecule has 0 aliphatic heterocycles. The van der Waals surface area contributed by atoms with Crippen LogP contribution in [0.4, 0.5) is 0 Å². The second-order valence-corrected chi connectivity index (χ2v) is 5.17. The summed E-state index contributed by atoms with van der Waals surface area (Å²) >= 11 is 0. The van der Waals surface area contributed by atoms with Crippen molar-refractivity contribution in [2.45, 2.75) is 40.5 Å². The minimum Gasteiger partial charge on any atom is -0.383 e. The highest BCUT2D eigenvalue weighted by molar-refractivity contribution is 4.67. The van der Waals surface area contributed by atoms with Gasteiger partial charge in [-0.3, -0.25) is 0 Å². The third-order valence-electron chi connectivity index (χ3n) is 2.95. The second-order valence-electron chi connectivity index (χ2n) is 5.17. The molecule has 2 heteroatoms. The molecule has 0 spiro atoms. The number of ether oxygens (including phenoxy) is 1. The molecule has 0 aliphatic carbocycles. The number of rotatable bonds is 9. The van der Waals surface area contributed by atoms with E-state index < -0.39 is 0 Å². The molecule has 0 aliphatic rings. The van der Waals surface area contributed by atoms with E-state index >= 15 is 0 Å². The van der Waals surface area contributed by atoms with Crippen LogP contribution in [-0.2, 0) is 4.74 Å². The maximum atomic E-state index is 5.02. The molecule has 1 unspecified atom stereocenters. The molecule has 0 saturated carbocycles. The third-order valence-corrected chi connectivity index (χ3v) is 2.95. The smallest absolute Gasteiger partial charge is 0.0587 e. The molecule has 0 aromatic heterocycles. The van der Waals surface area contributed by atoms with Crippen LogP contribution in [-0.4, -0.2) is 26.8 Å². The van der Waals surface area contributed by atoms with Crippen molar-refractivity contribution in [2.24, 2.45) is 17.8 Å². The summed E-state index contributed by atoms with van der Waals surface area (Å²) in [5, 5.41) is 3.47.